The van der Waals surface area contributed by atoms with Crippen molar-refractivity contribution in [3.05, 3.63) is 88.9 Å². The maximum absolute atomic E-state index is 14.5. The third kappa shape index (κ3) is 5.38. The van der Waals surface area contributed by atoms with Crippen LogP contribution in [-0.2, 0) is 30.9 Å². The van der Waals surface area contributed by atoms with Gasteiger partial charge in [0.15, 0.2) is 5.69 Å². The van der Waals surface area contributed by atoms with Crippen molar-refractivity contribution in [3.8, 4) is 16.9 Å². The molecular formula is C32H29F3N6O4. The van der Waals surface area contributed by atoms with Crippen molar-refractivity contribution in [2.24, 2.45) is 7.05 Å². The van der Waals surface area contributed by atoms with Crippen LogP contribution in [-0.4, -0.2) is 56.5 Å². The molecule has 1 aliphatic rings. The van der Waals surface area contributed by atoms with Gasteiger partial charge in [0.1, 0.15) is 11.3 Å². The van der Waals surface area contributed by atoms with E-state index in [0.29, 0.717) is 39.0 Å². The molecule has 0 saturated carbocycles. The standard InChI is InChI=1S/C32H29F3N6O4/c1-5-45-31(43)28-26(44-4)7-6-24-27(28)25(12-18(2)37-24)41-10-8-20-21(23-16-39(3)38-29(23)32(33,34)35)13-19(14-22(20)30(41)42)15-40-11-9-36-17-40/h6-7,9,11-14,16-17H,5,8,10,15H2,1-4H3. The van der Waals surface area contributed by atoms with E-state index < -0.39 is 23.7 Å². The number of fused-ring (bicyclic) bond motifs is 2. The molecule has 2 aromatic carbocycles. The van der Waals surface area contributed by atoms with Crippen LogP contribution >= 0.6 is 0 Å². The van der Waals surface area contributed by atoms with Gasteiger partial charge in [0, 0.05) is 60.9 Å². The molecule has 0 fully saturated rings. The SMILES string of the molecule is CCOC(=O)c1c(OC)ccc2nc(C)cc(N3CCc4c(cc(Cn5ccnc5)cc4-c4cn(C)nc4C(F)(F)F)C3=O)c12. The summed E-state index contributed by atoms with van der Waals surface area (Å²) in [7, 11) is 2.87. The number of esters is 1. The van der Waals surface area contributed by atoms with Crippen LogP contribution in [0.25, 0.3) is 22.0 Å². The molecule has 1 amide bonds. The molecule has 13 heteroatoms. The van der Waals surface area contributed by atoms with Gasteiger partial charge in [-0.05, 0) is 67.3 Å². The number of hydrogen-bond donors (Lipinski definition) is 0. The van der Waals surface area contributed by atoms with Gasteiger partial charge in [0.25, 0.3) is 5.91 Å². The number of rotatable bonds is 7. The van der Waals surface area contributed by atoms with Gasteiger partial charge in [-0.3, -0.25) is 14.5 Å². The predicted octanol–water partition coefficient (Wildman–Crippen LogP) is 5.60. The summed E-state index contributed by atoms with van der Waals surface area (Å²) in [6, 6.07) is 8.44. The van der Waals surface area contributed by atoms with Gasteiger partial charge in [0.05, 0.1) is 31.2 Å². The molecule has 0 atom stereocenters. The highest BCUT2D eigenvalue weighted by molar-refractivity contribution is 6.17. The predicted molar refractivity (Wildman–Crippen MR) is 159 cm³/mol. The summed E-state index contributed by atoms with van der Waals surface area (Å²) < 4.78 is 56.1. The number of alkyl halides is 3. The Labute approximate surface area is 256 Å². The Kier molecular flexibility index (Phi) is 7.55. The fourth-order valence-electron chi connectivity index (χ4n) is 5.92. The fourth-order valence-corrected chi connectivity index (χ4v) is 5.92. The third-order valence-electron chi connectivity index (χ3n) is 7.72. The molecule has 0 radical (unpaired) electrons. The smallest absolute Gasteiger partial charge is 0.435 e. The Morgan fingerprint density at radius 2 is 1.89 bits per heavy atom. The van der Waals surface area contributed by atoms with E-state index in [2.05, 4.69) is 15.1 Å². The number of hydrogen-bond acceptors (Lipinski definition) is 7. The Morgan fingerprint density at radius 3 is 2.58 bits per heavy atom. The lowest BCUT2D eigenvalue weighted by Gasteiger charge is -2.32. The van der Waals surface area contributed by atoms with Gasteiger partial charge < -0.3 is 18.9 Å². The second-order valence-corrected chi connectivity index (χ2v) is 10.7. The van der Waals surface area contributed by atoms with Crippen molar-refractivity contribution in [2.45, 2.75) is 33.0 Å². The lowest BCUT2D eigenvalue weighted by molar-refractivity contribution is -0.141. The van der Waals surface area contributed by atoms with Crippen LogP contribution in [0, 0.1) is 6.92 Å². The second-order valence-electron chi connectivity index (χ2n) is 10.7. The molecule has 0 bridgehead atoms. The van der Waals surface area contributed by atoms with Crippen LogP contribution in [0.5, 0.6) is 5.75 Å². The number of methoxy groups -OCH3 is 1. The normalized spacial score (nSPS) is 13.3. The Bertz CT molecular complexity index is 1950. The van der Waals surface area contributed by atoms with Crippen molar-refractivity contribution in [1.29, 1.82) is 0 Å². The van der Waals surface area contributed by atoms with Gasteiger partial charge in [0.2, 0.25) is 0 Å². The summed E-state index contributed by atoms with van der Waals surface area (Å²) in [6.45, 7) is 4.01. The van der Waals surface area contributed by atoms with Crippen molar-refractivity contribution < 1.29 is 32.2 Å². The second kappa shape index (κ2) is 11.4. The fraction of sp³-hybridized carbons (Fsp3) is 0.281. The molecule has 0 spiro atoms. The number of anilines is 1. The zero-order chi connectivity index (χ0) is 32.0. The molecule has 232 valence electrons. The number of carbonyl (C=O) groups is 2. The van der Waals surface area contributed by atoms with Gasteiger partial charge in [-0.15, -0.1) is 0 Å². The van der Waals surface area contributed by atoms with E-state index in [4.69, 9.17) is 9.47 Å². The Hall–Kier alpha value is -5.20. The van der Waals surface area contributed by atoms with E-state index in [1.54, 1.807) is 72.4 Å². The van der Waals surface area contributed by atoms with E-state index in [1.165, 1.54) is 20.4 Å². The molecular weight excluding hydrogens is 589 g/mol. The van der Waals surface area contributed by atoms with Crippen molar-refractivity contribution >= 4 is 28.5 Å². The Morgan fingerprint density at radius 1 is 1.11 bits per heavy atom. The maximum Gasteiger partial charge on any atom is 0.435 e. The molecule has 0 unspecified atom stereocenters. The first kappa shape index (κ1) is 29.9. The molecule has 1 aliphatic heterocycles. The summed E-state index contributed by atoms with van der Waals surface area (Å²) >= 11 is 0. The van der Waals surface area contributed by atoms with E-state index in [-0.39, 0.29) is 48.6 Å². The third-order valence-corrected chi connectivity index (χ3v) is 7.72. The molecule has 5 aromatic rings. The van der Waals surface area contributed by atoms with Crippen LogP contribution in [0.15, 0.2) is 55.2 Å². The summed E-state index contributed by atoms with van der Waals surface area (Å²) in [6.07, 6.45) is 1.79. The van der Waals surface area contributed by atoms with Gasteiger partial charge in [-0.25, -0.2) is 9.78 Å². The van der Waals surface area contributed by atoms with E-state index in [0.717, 1.165) is 4.68 Å². The highest BCUT2D eigenvalue weighted by Gasteiger charge is 2.39. The molecule has 6 rings (SSSR count). The summed E-state index contributed by atoms with van der Waals surface area (Å²) in [5, 5.41) is 4.10. The largest absolute Gasteiger partial charge is 0.496 e. The average molecular weight is 619 g/mol. The lowest BCUT2D eigenvalue weighted by atomic mass is 9.87. The molecule has 0 aliphatic carbocycles. The number of carbonyl (C=O) groups excluding carboxylic acids is 2. The molecule has 45 heavy (non-hydrogen) atoms. The van der Waals surface area contributed by atoms with Gasteiger partial charge >= 0.3 is 12.1 Å². The summed E-state index contributed by atoms with van der Waals surface area (Å²) in [4.78, 5) is 37.9. The van der Waals surface area contributed by atoms with E-state index in [9.17, 15) is 22.8 Å². The molecule has 0 N–H and O–H groups in total. The van der Waals surface area contributed by atoms with Crippen molar-refractivity contribution in [3.63, 3.8) is 0 Å². The van der Waals surface area contributed by atoms with Crippen molar-refractivity contribution in [1.82, 2.24) is 24.3 Å². The summed E-state index contributed by atoms with van der Waals surface area (Å²) in [5.41, 5.74) is 2.16. The first-order valence-electron chi connectivity index (χ1n) is 14.2. The van der Waals surface area contributed by atoms with Gasteiger partial charge in [-0.1, -0.05) is 0 Å². The summed E-state index contributed by atoms with van der Waals surface area (Å²) in [5.74, 6) is -0.788. The maximum atomic E-state index is 14.5. The number of amides is 1. The van der Waals surface area contributed by atoms with Crippen LogP contribution in [0.4, 0.5) is 18.9 Å². The van der Waals surface area contributed by atoms with E-state index >= 15 is 0 Å². The lowest BCUT2D eigenvalue weighted by Crippen LogP contribution is -2.38. The number of pyridine rings is 1. The number of ether oxygens (including phenoxy) is 2. The topological polar surface area (TPSA) is 104 Å². The quantitative estimate of drug-likeness (QED) is 0.219. The van der Waals surface area contributed by atoms with Crippen molar-refractivity contribution in [2.75, 3.05) is 25.2 Å². The number of aryl methyl sites for hydroxylation is 2. The minimum Gasteiger partial charge on any atom is -0.496 e. The molecule has 4 heterocycles. The van der Waals surface area contributed by atoms with Crippen LogP contribution < -0.4 is 9.64 Å². The zero-order valence-corrected chi connectivity index (χ0v) is 25.0. The first-order chi connectivity index (χ1) is 21.5. The zero-order valence-electron chi connectivity index (χ0n) is 25.0. The molecule has 3 aromatic heterocycles. The number of aromatic nitrogens is 5. The highest BCUT2D eigenvalue weighted by Crippen LogP contribution is 2.42. The molecule has 0 saturated heterocycles. The minimum atomic E-state index is -4.70. The van der Waals surface area contributed by atoms with Crippen LogP contribution in [0.1, 0.15) is 50.2 Å². The average Bonchev–Trinajstić information content (AvgIpc) is 3.66. The van der Waals surface area contributed by atoms with Crippen LogP contribution in [0.3, 0.4) is 0 Å². The van der Waals surface area contributed by atoms with E-state index in [1.807, 2.05) is 0 Å². The van der Waals surface area contributed by atoms with Crippen LogP contribution in [0.2, 0.25) is 0 Å². The minimum absolute atomic E-state index is 0.102. The highest BCUT2D eigenvalue weighted by atomic mass is 19.4. The number of imidazole rings is 1. The number of nitrogens with zero attached hydrogens (tertiary/aromatic N) is 6. The number of halogens is 3. The van der Waals surface area contributed by atoms with Gasteiger partial charge in [-0.2, -0.15) is 18.3 Å². The first-order valence-corrected chi connectivity index (χ1v) is 14.2. The molecule has 10 nitrogen and oxygen atoms in total. The Balaban J connectivity index is 1.56. The number of benzene rings is 2. The monoisotopic (exact) mass is 618 g/mol.